The van der Waals surface area contributed by atoms with Crippen LogP contribution in [-0.2, 0) is 14.3 Å². The van der Waals surface area contributed by atoms with E-state index < -0.39 is 5.97 Å². The van der Waals surface area contributed by atoms with E-state index in [0.717, 1.165) is 0 Å². The van der Waals surface area contributed by atoms with Crippen LogP contribution in [-0.4, -0.2) is 31.6 Å². The Morgan fingerprint density at radius 1 is 1.90 bits per heavy atom. The smallest absolute Gasteiger partial charge is 0.393 e. The van der Waals surface area contributed by atoms with E-state index >= 15 is 0 Å². The van der Waals surface area contributed by atoms with Gasteiger partial charge in [-0.1, -0.05) is 0 Å². The molecule has 56 valence electrons. The van der Waals surface area contributed by atoms with Crippen LogP contribution in [0, 0.1) is 0 Å². The molecule has 0 N–H and O–H groups in total. The van der Waals surface area contributed by atoms with Crippen LogP contribution in [0.2, 0.25) is 0 Å². The first-order valence-electron chi connectivity index (χ1n) is 3.03. The second kappa shape index (κ2) is 2.68. The average Bonchev–Trinajstić information content (AvgIpc) is 2.34. The van der Waals surface area contributed by atoms with Gasteiger partial charge in [-0.25, -0.2) is 9.79 Å². The highest BCUT2D eigenvalue weighted by Crippen LogP contribution is 2.03. The van der Waals surface area contributed by atoms with E-state index in [9.17, 15) is 4.79 Å². The average molecular weight is 143 g/mol. The van der Waals surface area contributed by atoms with Gasteiger partial charge in [-0.05, 0) is 6.92 Å². The van der Waals surface area contributed by atoms with Gasteiger partial charge in [-0.15, -0.1) is 0 Å². The Kier molecular flexibility index (Phi) is 1.89. The predicted molar refractivity (Wildman–Crippen MR) is 34.9 cm³/mol. The van der Waals surface area contributed by atoms with Gasteiger partial charge in [-0.2, -0.15) is 0 Å². The predicted octanol–water partition coefficient (Wildman–Crippen LogP) is -0.0234. The fraction of sp³-hybridized carbons (Fsp3) is 0.667. The summed E-state index contributed by atoms with van der Waals surface area (Å²) in [5.41, 5.74) is 0. The van der Waals surface area contributed by atoms with E-state index in [2.05, 4.69) is 9.73 Å². The zero-order valence-corrected chi connectivity index (χ0v) is 5.96. The Hall–Kier alpha value is -1.06. The number of hydrogen-bond donors (Lipinski definition) is 0. The largest absolute Gasteiger partial charge is 0.468 e. The molecule has 0 radical (unpaired) electrons. The number of esters is 1. The second-order valence-electron chi connectivity index (χ2n) is 2.07. The summed E-state index contributed by atoms with van der Waals surface area (Å²) in [5.74, 6) is -0.403. The zero-order chi connectivity index (χ0) is 7.56. The molecule has 4 nitrogen and oxygen atoms in total. The molecule has 0 spiro atoms. The summed E-state index contributed by atoms with van der Waals surface area (Å²) in [7, 11) is 1.30. The van der Waals surface area contributed by atoms with Gasteiger partial charge in [0, 0.05) is 0 Å². The molecule has 0 saturated carbocycles. The number of ether oxygens (including phenoxy) is 2. The molecule has 0 aromatic heterocycles. The Morgan fingerprint density at radius 2 is 2.60 bits per heavy atom. The Morgan fingerprint density at radius 3 is 3.00 bits per heavy atom. The lowest BCUT2D eigenvalue weighted by Gasteiger charge is -2.01. The van der Waals surface area contributed by atoms with Gasteiger partial charge in [0.25, 0.3) is 5.90 Å². The quantitative estimate of drug-likeness (QED) is 0.484. The zero-order valence-electron chi connectivity index (χ0n) is 5.96. The molecule has 1 rings (SSSR count). The maximum Gasteiger partial charge on any atom is 0.393 e. The van der Waals surface area contributed by atoms with E-state index in [1.165, 1.54) is 7.11 Å². The second-order valence-corrected chi connectivity index (χ2v) is 2.07. The molecular formula is C6H9NO3. The molecule has 0 amide bonds. The van der Waals surface area contributed by atoms with Crippen LogP contribution in [0.25, 0.3) is 0 Å². The van der Waals surface area contributed by atoms with Crippen LogP contribution < -0.4 is 0 Å². The third kappa shape index (κ3) is 1.26. The van der Waals surface area contributed by atoms with Gasteiger partial charge in [0.1, 0.15) is 6.10 Å². The van der Waals surface area contributed by atoms with Crippen LogP contribution in [0.5, 0.6) is 0 Å². The summed E-state index contributed by atoms with van der Waals surface area (Å²) in [4.78, 5) is 14.5. The van der Waals surface area contributed by atoms with Crippen molar-refractivity contribution < 1.29 is 14.3 Å². The van der Waals surface area contributed by atoms with E-state index in [0.29, 0.717) is 6.54 Å². The summed E-state index contributed by atoms with van der Waals surface area (Å²) < 4.78 is 9.38. The fourth-order valence-corrected chi connectivity index (χ4v) is 0.677. The molecule has 4 heteroatoms. The Balaban J connectivity index is 2.51. The number of nitrogens with zero attached hydrogens (tertiary/aromatic N) is 1. The van der Waals surface area contributed by atoms with E-state index in [1.54, 1.807) is 0 Å². The molecule has 0 aromatic carbocycles. The van der Waals surface area contributed by atoms with Crippen molar-refractivity contribution >= 4 is 11.9 Å². The minimum absolute atomic E-state index is 0.00843. The minimum Gasteiger partial charge on any atom is -0.468 e. The van der Waals surface area contributed by atoms with Crippen LogP contribution >= 0.6 is 0 Å². The number of carbonyl (C=O) groups excluding carboxylic acids is 1. The lowest BCUT2D eigenvalue weighted by atomic mass is 10.4. The Bertz CT molecular complexity index is 176. The molecule has 1 aliphatic rings. The van der Waals surface area contributed by atoms with Gasteiger partial charge in [0.05, 0.1) is 13.7 Å². The monoisotopic (exact) mass is 143 g/mol. The van der Waals surface area contributed by atoms with Crippen molar-refractivity contribution in [2.45, 2.75) is 13.0 Å². The van der Waals surface area contributed by atoms with Gasteiger partial charge >= 0.3 is 5.97 Å². The van der Waals surface area contributed by atoms with Crippen LogP contribution in [0.15, 0.2) is 4.99 Å². The molecule has 0 fully saturated rings. The first-order chi connectivity index (χ1) is 4.74. The molecule has 0 saturated heterocycles. The van der Waals surface area contributed by atoms with Crippen LogP contribution in [0.4, 0.5) is 0 Å². The lowest BCUT2D eigenvalue weighted by Crippen LogP contribution is -2.18. The van der Waals surface area contributed by atoms with Crippen molar-refractivity contribution in [3.05, 3.63) is 0 Å². The molecule has 1 aliphatic heterocycles. The maximum absolute atomic E-state index is 10.7. The summed E-state index contributed by atoms with van der Waals surface area (Å²) in [6.45, 7) is 2.39. The summed E-state index contributed by atoms with van der Waals surface area (Å²) in [6, 6.07) is 0. The molecule has 10 heavy (non-hydrogen) atoms. The third-order valence-corrected chi connectivity index (χ3v) is 1.16. The van der Waals surface area contributed by atoms with Gasteiger partial charge < -0.3 is 9.47 Å². The first-order valence-corrected chi connectivity index (χ1v) is 3.03. The molecule has 0 aliphatic carbocycles. The topological polar surface area (TPSA) is 47.9 Å². The molecule has 0 bridgehead atoms. The third-order valence-electron chi connectivity index (χ3n) is 1.16. The SMILES string of the molecule is COC(=O)C1=NCC(C)O1. The Labute approximate surface area is 58.8 Å². The molecule has 0 aromatic rings. The van der Waals surface area contributed by atoms with Gasteiger partial charge in [0.15, 0.2) is 0 Å². The minimum atomic E-state index is -0.496. The number of carbonyl (C=O) groups is 1. The highest BCUT2D eigenvalue weighted by molar-refractivity contribution is 6.32. The summed E-state index contributed by atoms with van der Waals surface area (Å²) in [5, 5.41) is 0. The first kappa shape index (κ1) is 7.05. The highest BCUT2D eigenvalue weighted by Gasteiger charge is 2.21. The van der Waals surface area contributed by atoms with Crippen molar-refractivity contribution in [1.29, 1.82) is 0 Å². The molecule has 1 unspecified atom stereocenters. The van der Waals surface area contributed by atoms with Crippen molar-refractivity contribution in [2.24, 2.45) is 4.99 Å². The van der Waals surface area contributed by atoms with Crippen molar-refractivity contribution in [1.82, 2.24) is 0 Å². The number of rotatable bonds is 1. The van der Waals surface area contributed by atoms with Crippen LogP contribution in [0.3, 0.4) is 0 Å². The normalized spacial score (nSPS) is 23.4. The highest BCUT2D eigenvalue weighted by atomic mass is 16.6. The van der Waals surface area contributed by atoms with Crippen molar-refractivity contribution in [3.63, 3.8) is 0 Å². The number of methoxy groups -OCH3 is 1. The van der Waals surface area contributed by atoms with Gasteiger partial charge in [-0.3, -0.25) is 0 Å². The van der Waals surface area contributed by atoms with E-state index in [4.69, 9.17) is 4.74 Å². The molecular weight excluding hydrogens is 134 g/mol. The number of hydrogen-bond acceptors (Lipinski definition) is 4. The standard InChI is InChI=1S/C6H9NO3/c1-4-3-7-5(10-4)6(8)9-2/h4H,3H2,1-2H3. The van der Waals surface area contributed by atoms with Crippen molar-refractivity contribution in [3.8, 4) is 0 Å². The molecule has 1 atom stereocenters. The van der Waals surface area contributed by atoms with Crippen molar-refractivity contribution in [2.75, 3.05) is 13.7 Å². The maximum atomic E-state index is 10.7. The summed E-state index contributed by atoms with van der Waals surface area (Å²) in [6.07, 6.45) is 0.00843. The van der Waals surface area contributed by atoms with Crippen LogP contribution in [0.1, 0.15) is 6.92 Å². The fourth-order valence-electron chi connectivity index (χ4n) is 0.677. The molecule has 1 heterocycles. The van der Waals surface area contributed by atoms with E-state index in [1.807, 2.05) is 6.92 Å². The van der Waals surface area contributed by atoms with E-state index in [-0.39, 0.29) is 12.0 Å². The lowest BCUT2D eigenvalue weighted by molar-refractivity contribution is -0.134. The summed E-state index contributed by atoms with van der Waals surface area (Å²) >= 11 is 0. The van der Waals surface area contributed by atoms with Gasteiger partial charge in [0.2, 0.25) is 0 Å². The number of aliphatic imine (C=N–C) groups is 1.